The number of amides is 1. The Labute approximate surface area is 206 Å². The van der Waals surface area contributed by atoms with Gasteiger partial charge in [0.05, 0.1) is 15.4 Å². The number of aromatic amines is 1. The van der Waals surface area contributed by atoms with Gasteiger partial charge in [-0.25, -0.2) is 4.39 Å². The number of ether oxygens (including phenoxy) is 1. The van der Waals surface area contributed by atoms with Crippen LogP contribution in [0.3, 0.4) is 0 Å². The van der Waals surface area contributed by atoms with Crippen molar-refractivity contribution in [2.45, 2.75) is 57.2 Å². The zero-order valence-corrected chi connectivity index (χ0v) is 21.2. The summed E-state index contributed by atoms with van der Waals surface area (Å²) in [5, 5.41) is 14.1. The molecule has 1 saturated carbocycles. The molecule has 2 aliphatic rings. The van der Waals surface area contributed by atoms with Crippen LogP contribution in [0.4, 0.5) is 4.39 Å². The van der Waals surface area contributed by atoms with E-state index in [4.69, 9.17) is 4.74 Å². The second kappa shape index (κ2) is 8.76. The maximum absolute atomic E-state index is 15.7. The number of carbonyl (C=O) groups excluding carboxylic acids is 1. The summed E-state index contributed by atoms with van der Waals surface area (Å²) in [5.74, 6) is -0.799. The fourth-order valence-corrected chi connectivity index (χ4v) is 5.74. The number of H-pyrrole nitrogens is 1. The number of hydrogen-bond acceptors (Lipinski definition) is 6. The van der Waals surface area contributed by atoms with Crippen molar-refractivity contribution in [3.8, 4) is 16.2 Å². The van der Waals surface area contributed by atoms with E-state index in [-0.39, 0.29) is 45.4 Å². The maximum Gasteiger partial charge on any atom is 0.274 e. The van der Waals surface area contributed by atoms with E-state index in [0.29, 0.717) is 22.4 Å². The van der Waals surface area contributed by atoms with Crippen molar-refractivity contribution in [3.05, 3.63) is 39.0 Å². The standard InChI is InChI=1S/C25H31FN4O4S/c1-25(2,33)22-18(26)20(34-12-14-6-5-9-29(14)3)21(35-22)16-11-30(4)24(32)19-15(16)10-17(28-19)23(31)27-13-7-8-13/h10-11,13-14,28,33H,5-9,12H2,1-4H3,(H,27,31). The topological polar surface area (TPSA) is 99.6 Å². The highest BCUT2D eigenvalue weighted by Gasteiger charge is 2.33. The van der Waals surface area contributed by atoms with Gasteiger partial charge < -0.3 is 29.6 Å². The van der Waals surface area contributed by atoms with Crippen molar-refractivity contribution < 1.29 is 19.0 Å². The summed E-state index contributed by atoms with van der Waals surface area (Å²) < 4.78 is 23.2. The lowest BCUT2D eigenvalue weighted by Crippen LogP contribution is -2.30. The lowest BCUT2D eigenvalue weighted by atomic mass is 10.1. The average molecular weight is 503 g/mol. The number of aryl methyl sites for hydroxylation is 1. The second-order valence-electron chi connectivity index (χ2n) is 10.2. The number of nitrogens with one attached hydrogen (secondary N) is 2. The molecule has 0 bridgehead atoms. The number of likely N-dealkylation sites (tertiary alicyclic amines) is 1. The van der Waals surface area contributed by atoms with Crippen LogP contribution in [-0.4, -0.2) is 57.7 Å². The van der Waals surface area contributed by atoms with Crippen molar-refractivity contribution >= 4 is 28.1 Å². The number of halogens is 1. The monoisotopic (exact) mass is 502 g/mol. The normalized spacial score (nSPS) is 19.0. The van der Waals surface area contributed by atoms with E-state index in [1.54, 1.807) is 19.3 Å². The van der Waals surface area contributed by atoms with E-state index >= 15 is 4.39 Å². The van der Waals surface area contributed by atoms with Crippen molar-refractivity contribution in [3.63, 3.8) is 0 Å². The minimum absolute atomic E-state index is 0.0672. The van der Waals surface area contributed by atoms with E-state index in [0.717, 1.165) is 43.6 Å². The van der Waals surface area contributed by atoms with Crippen molar-refractivity contribution in [2.75, 3.05) is 20.2 Å². The molecule has 0 spiro atoms. The summed E-state index contributed by atoms with van der Waals surface area (Å²) in [6, 6.07) is 1.99. The van der Waals surface area contributed by atoms with Crippen LogP contribution in [0, 0.1) is 5.82 Å². The molecule has 2 fully saturated rings. The minimum atomic E-state index is -1.41. The Kier molecular flexibility index (Phi) is 6.01. The number of aliphatic hydroxyl groups is 1. The molecule has 3 aromatic rings. The lowest BCUT2D eigenvalue weighted by Gasteiger charge is -2.20. The molecule has 188 valence electrons. The van der Waals surface area contributed by atoms with Gasteiger partial charge in [-0.2, -0.15) is 0 Å². The van der Waals surface area contributed by atoms with Gasteiger partial charge in [0.2, 0.25) is 0 Å². The molecule has 8 nitrogen and oxygen atoms in total. The Hall–Kier alpha value is -2.69. The van der Waals surface area contributed by atoms with E-state index in [9.17, 15) is 14.7 Å². The first-order chi connectivity index (χ1) is 16.5. The number of likely N-dealkylation sites (N-methyl/N-ethyl adjacent to an activating group) is 1. The van der Waals surface area contributed by atoms with Gasteiger partial charge >= 0.3 is 0 Å². The Morgan fingerprint density at radius 1 is 1.34 bits per heavy atom. The van der Waals surface area contributed by atoms with Crippen LogP contribution in [0.5, 0.6) is 5.75 Å². The predicted octanol–water partition coefficient (Wildman–Crippen LogP) is 3.33. The molecule has 10 heteroatoms. The summed E-state index contributed by atoms with van der Waals surface area (Å²) in [5.41, 5.74) is -0.582. The molecule has 1 unspecified atom stereocenters. The zero-order valence-electron chi connectivity index (χ0n) is 20.4. The molecule has 5 rings (SSSR count). The molecule has 1 aliphatic heterocycles. The second-order valence-corrected chi connectivity index (χ2v) is 11.2. The highest BCUT2D eigenvalue weighted by Crippen LogP contribution is 2.47. The highest BCUT2D eigenvalue weighted by atomic mass is 32.1. The number of thiophene rings is 1. The third kappa shape index (κ3) is 4.50. The SMILES string of the molecule is CN1CCCC1COc1c(-c2cn(C)c(=O)c3[nH]c(C(=O)NC4CC4)cc23)sc(C(C)(C)O)c1F. The maximum atomic E-state index is 15.7. The van der Waals surface area contributed by atoms with Gasteiger partial charge in [-0.3, -0.25) is 9.59 Å². The molecule has 0 radical (unpaired) electrons. The third-order valence-corrected chi connectivity index (χ3v) is 8.32. The quantitative estimate of drug-likeness (QED) is 0.460. The van der Waals surface area contributed by atoms with Gasteiger partial charge in [-0.15, -0.1) is 11.3 Å². The van der Waals surface area contributed by atoms with Crippen LogP contribution < -0.4 is 15.6 Å². The van der Waals surface area contributed by atoms with E-state index < -0.39 is 11.4 Å². The smallest absolute Gasteiger partial charge is 0.274 e. The van der Waals surface area contributed by atoms with E-state index in [2.05, 4.69) is 15.2 Å². The van der Waals surface area contributed by atoms with Crippen LogP contribution in [-0.2, 0) is 12.6 Å². The number of pyridine rings is 1. The number of carbonyl (C=O) groups is 1. The summed E-state index contributed by atoms with van der Waals surface area (Å²) >= 11 is 1.10. The summed E-state index contributed by atoms with van der Waals surface area (Å²) in [4.78, 5) is 31.4. The molecule has 1 saturated heterocycles. The van der Waals surface area contributed by atoms with Crippen LogP contribution in [0.2, 0.25) is 0 Å². The molecule has 1 amide bonds. The largest absolute Gasteiger partial charge is 0.487 e. The number of nitrogens with zero attached hydrogens (tertiary/aromatic N) is 2. The Morgan fingerprint density at radius 2 is 2.09 bits per heavy atom. The first-order valence-corrected chi connectivity index (χ1v) is 12.8. The third-order valence-electron chi connectivity index (χ3n) is 6.82. The molecule has 1 atom stereocenters. The van der Waals surface area contributed by atoms with Gasteiger partial charge in [0, 0.05) is 36.3 Å². The molecule has 3 aromatic heterocycles. The van der Waals surface area contributed by atoms with Gasteiger partial charge in [-0.1, -0.05) is 0 Å². The summed E-state index contributed by atoms with van der Waals surface area (Å²) in [7, 11) is 3.64. The van der Waals surface area contributed by atoms with Crippen LogP contribution in [0.15, 0.2) is 17.1 Å². The molecule has 1 aliphatic carbocycles. The molecular formula is C25H31FN4O4S. The van der Waals surface area contributed by atoms with Gasteiger partial charge in [0.1, 0.15) is 17.8 Å². The zero-order chi connectivity index (χ0) is 25.1. The number of aromatic nitrogens is 2. The molecular weight excluding hydrogens is 471 g/mol. The Balaban J connectivity index is 1.63. The highest BCUT2D eigenvalue weighted by molar-refractivity contribution is 7.16. The van der Waals surface area contributed by atoms with Crippen LogP contribution in [0.25, 0.3) is 21.3 Å². The van der Waals surface area contributed by atoms with E-state index in [1.807, 2.05) is 7.05 Å². The fraction of sp³-hybridized carbons (Fsp3) is 0.520. The van der Waals surface area contributed by atoms with Gasteiger partial charge in [0.25, 0.3) is 11.5 Å². The molecule has 0 aromatic carbocycles. The molecule has 3 N–H and O–H groups in total. The minimum Gasteiger partial charge on any atom is -0.487 e. The van der Waals surface area contributed by atoms with Crippen LogP contribution in [0.1, 0.15) is 54.9 Å². The fourth-order valence-electron chi connectivity index (χ4n) is 4.59. The first-order valence-electron chi connectivity index (χ1n) is 12.0. The summed E-state index contributed by atoms with van der Waals surface area (Å²) in [6.45, 7) is 4.36. The van der Waals surface area contributed by atoms with Crippen molar-refractivity contribution in [1.82, 2.24) is 19.8 Å². The van der Waals surface area contributed by atoms with Crippen molar-refractivity contribution in [1.29, 1.82) is 0 Å². The number of fused-ring (bicyclic) bond motifs is 1. The lowest BCUT2D eigenvalue weighted by molar-refractivity contribution is 0.0780. The first kappa shape index (κ1) is 24.0. The summed E-state index contributed by atoms with van der Waals surface area (Å²) in [6.07, 6.45) is 5.56. The van der Waals surface area contributed by atoms with Gasteiger partial charge in [-0.05, 0) is 59.2 Å². The molecule has 35 heavy (non-hydrogen) atoms. The predicted molar refractivity (Wildman–Crippen MR) is 134 cm³/mol. The number of rotatable bonds is 7. The molecule has 4 heterocycles. The van der Waals surface area contributed by atoms with Gasteiger partial charge in [0.15, 0.2) is 11.6 Å². The Bertz CT molecular complexity index is 1350. The number of hydrogen-bond donors (Lipinski definition) is 3. The van der Waals surface area contributed by atoms with E-state index in [1.165, 1.54) is 18.4 Å². The van der Waals surface area contributed by atoms with Crippen molar-refractivity contribution in [2.24, 2.45) is 7.05 Å². The Morgan fingerprint density at radius 3 is 2.71 bits per heavy atom. The average Bonchev–Trinajstić information content (AvgIpc) is 3.17. The van der Waals surface area contributed by atoms with Crippen LogP contribution >= 0.6 is 11.3 Å².